The minimum atomic E-state index is 0.0616. The first-order valence-corrected chi connectivity index (χ1v) is 5.31. The number of nitrogens with two attached hydrogens (primary N) is 1. The summed E-state index contributed by atoms with van der Waals surface area (Å²) in [6.45, 7) is 0. The van der Waals surface area contributed by atoms with E-state index in [0.717, 1.165) is 22.4 Å². The van der Waals surface area contributed by atoms with Crippen molar-refractivity contribution in [1.82, 2.24) is 0 Å². The number of hydrogen-bond donors (Lipinski definition) is 2. The van der Waals surface area contributed by atoms with Crippen molar-refractivity contribution in [1.29, 1.82) is 5.41 Å². The lowest BCUT2D eigenvalue weighted by Crippen LogP contribution is -2.12. The Hall–Kier alpha value is -2.29. The number of nitrogen functional groups attached to an aromatic ring is 1. The molecule has 3 N–H and O–H groups in total. The molecule has 0 amide bonds. The minimum absolute atomic E-state index is 0.0616. The number of methoxy groups -OCH3 is 1. The highest BCUT2D eigenvalue weighted by molar-refractivity contribution is 6.02. The number of rotatable bonds is 3. The van der Waals surface area contributed by atoms with Gasteiger partial charge in [-0.15, -0.1) is 0 Å². The van der Waals surface area contributed by atoms with Gasteiger partial charge in [-0.2, -0.15) is 0 Å². The zero-order valence-electron chi connectivity index (χ0n) is 9.60. The predicted octanol–water partition coefficient (Wildman–Crippen LogP) is 2.65. The molecule has 3 nitrogen and oxygen atoms in total. The Kier molecular flexibility index (Phi) is 3.10. The van der Waals surface area contributed by atoms with Crippen molar-refractivity contribution in [2.75, 3.05) is 7.11 Å². The second-order valence-corrected chi connectivity index (χ2v) is 3.66. The predicted molar refractivity (Wildman–Crippen MR) is 69.4 cm³/mol. The topological polar surface area (TPSA) is 59.1 Å². The van der Waals surface area contributed by atoms with Gasteiger partial charge in [0.05, 0.1) is 7.11 Å². The first-order chi connectivity index (χ1) is 8.24. The third-order valence-electron chi connectivity index (χ3n) is 2.61. The van der Waals surface area contributed by atoms with Crippen LogP contribution in [0.15, 0.2) is 48.5 Å². The second kappa shape index (κ2) is 4.70. The van der Waals surface area contributed by atoms with Gasteiger partial charge in [0.2, 0.25) is 0 Å². The van der Waals surface area contributed by atoms with E-state index in [1.807, 2.05) is 48.5 Å². The molecule has 3 heteroatoms. The lowest BCUT2D eigenvalue weighted by atomic mass is 9.98. The van der Waals surface area contributed by atoms with Gasteiger partial charge in [-0.1, -0.05) is 42.5 Å². The van der Waals surface area contributed by atoms with Crippen LogP contribution in [0.3, 0.4) is 0 Å². The van der Waals surface area contributed by atoms with Crippen molar-refractivity contribution >= 4 is 5.84 Å². The van der Waals surface area contributed by atoms with E-state index in [0.29, 0.717) is 0 Å². The Labute approximate surface area is 100 Å². The van der Waals surface area contributed by atoms with Gasteiger partial charge < -0.3 is 10.5 Å². The molecule has 0 spiro atoms. The second-order valence-electron chi connectivity index (χ2n) is 3.66. The van der Waals surface area contributed by atoms with Gasteiger partial charge in [-0.05, 0) is 11.6 Å². The van der Waals surface area contributed by atoms with Gasteiger partial charge in [-0.3, -0.25) is 5.41 Å². The van der Waals surface area contributed by atoms with Crippen LogP contribution in [0.1, 0.15) is 5.56 Å². The fourth-order valence-electron chi connectivity index (χ4n) is 1.82. The molecule has 0 saturated carbocycles. The summed E-state index contributed by atoms with van der Waals surface area (Å²) in [5.41, 5.74) is 8.16. The summed E-state index contributed by atoms with van der Waals surface area (Å²) < 4.78 is 5.32. The number of para-hydroxylation sites is 1. The fraction of sp³-hybridized carbons (Fsp3) is 0.0714. The number of nitrogens with one attached hydrogen (secondary N) is 1. The molecule has 0 aromatic heterocycles. The van der Waals surface area contributed by atoms with Gasteiger partial charge in [0.25, 0.3) is 0 Å². The Morgan fingerprint density at radius 2 is 1.59 bits per heavy atom. The van der Waals surface area contributed by atoms with E-state index >= 15 is 0 Å². The zero-order chi connectivity index (χ0) is 12.3. The van der Waals surface area contributed by atoms with Crippen LogP contribution in [0.2, 0.25) is 0 Å². The molecule has 0 heterocycles. The normalized spacial score (nSPS) is 9.94. The third-order valence-corrected chi connectivity index (χ3v) is 2.61. The smallest absolute Gasteiger partial charge is 0.126 e. The fourth-order valence-corrected chi connectivity index (χ4v) is 1.82. The number of ether oxygens (including phenoxy) is 1. The Morgan fingerprint density at radius 3 is 2.24 bits per heavy atom. The average molecular weight is 226 g/mol. The molecule has 86 valence electrons. The number of amidine groups is 1. The largest absolute Gasteiger partial charge is 0.496 e. The highest BCUT2D eigenvalue weighted by Crippen LogP contribution is 2.31. The highest BCUT2D eigenvalue weighted by atomic mass is 16.5. The molecule has 0 fully saturated rings. The van der Waals surface area contributed by atoms with Crippen LogP contribution in [-0.2, 0) is 0 Å². The van der Waals surface area contributed by atoms with Crippen molar-refractivity contribution in [3.05, 3.63) is 54.1 Å². The molecule has 0 unspecified atom stereocenters. The number of benzene rings is 2. The Morgan fingerprint density at radius 1 is 1.00 bits per heavy atom. The molecule has 0 atom stereocenters. The molecule has 0 aliphatic carbocycles. The van der Waals surface area contributed by atoms with Crippen molar-refractivity contribution in [3.63, 3.8) is 0 Å². The molecule has 0 bridgehead atoms. The van der Waals surface area contributed by atoms with Crippen molar-refractivity contribution < 1.29 is 4.74 Å². The van der Waals surface area contributed by atoms with Gasteiger partial charge in [-0.25, -0.2) is 0 Å². The summed E-state index contributed by atoms with van der Waals surface area (Å²) in [6, 6.07) is 15.3. The SMILES string of the molecule is COc1ccccc1-c1ccccc1C(=N)N. The van der Waals surface area contributed by atoms with Gasteiger partial charge >= 0.3 is 0 Å². The molecule has 0 radical (unpaired) electrons. The summed E-state index contributed by atoms with van der Waals surface area (Å²) in [5.74, 6) is 0.840. The van der Waals surface area contributed by atoms with E-state index in [-0.39, 0.29) is 5.84 Å². The standard InChI is InChI=1S/C14H14N2O/c1-17-13-9-5-4-7-11(13)10-6-2-3-8-12(10)14(15)16/h2-9H,1H3,(H3,15,16). The maximum atomic E-state index is 7.59. The maximum Gasteiger partial charge on any atom is 0.126 e. The summed E-state index contributed by atoms with van der Waals surface area (Å²) in [5, 5.41) is 7.59. The van der Waals surface area contributed by atoms with Crippen LogP contribution in [0.4, 0.5) is 0 Å². The van der Waals surface area contributed by atoms with E-state index in [1.54, 1.807) is 7.11 Å². The summed E-state index contributed by atoms with van der Waals surface area (Å²) in [7, 11) is 1.63. The monoisotopic (exact) mass is 226 g/mol. The molecule has 2 aromatic rings. The van der Waals surface area contributed by atoms with Crippen LogP contribution in [-0.4, -0.2) is 12.9 Å². The lowest BCUT2D eigenvalue weighted by Gasteiger charge is -2.11. The third kappa shape index (κ3) is 2.13. The summed E-state index contributed by atoms with van der Waals surface area (Å²) in [4.78, 5) is 0. The van der Waals surface area contributed by atoms with Gasteiger partial charge in [0.15, 0.2) is 0 Å². The molecule has 2 rings (SSSR count). The molecule has 0 aliphatic heterocycles. The molecular weight excluding hydrogens is 212 g/mol. The van der Waals surface area contributed by atoms with E-state index in [4.69, 9.17) is 15.9 Å². The summed E-state index contributed by atoms with van der Waals surface area (Å²) >= 11 is 0. The van der Waals surface area contributed by atoms with Crippen LogP contribution >= 0.6 is 0 Å². The Balaban J connectivity index is 2.64. The van der Waals surface area contributed by atoms with Crippen molar-refractivity contribution in [2.45, 2.75) is 0 Å². The molecule has 0 saturated heterocycles. The highest BCUT2D eigenvalue weighted by Gasteiger charge is 2.10. The first-order valence-electron chi connectivity index (χ1n) is 5.31. The average Bonchev–Trinajstić information content (AvgIpc) is 2.38. The van der Waals surface area contributed by atoms with Crippen molar-refractivity contribution in [3.8, 4) is 16.9 Å². The van der Waals surface area contributed by atoms with E-state index < -0.39 is 0 Å². The van der Waals surface area contributed by atoms with E-state index in [2.05, 4.69) is 0 Å². The molecular formula is C14H14N2O. The van der Waals surface area contributed by atoms with Gasteiger partial charge in [0, 0.05) is 11.1 Å². The maximum absolute atomic E-state index is 7.59. The van der Waals surface area contributed by atoms with Crippen LogP contribution in [0.5, 0.6) is 5.75 Å². The van der Waals surface area contributed by atoms with Crippen LogP contribution < -0.4 is 10.5 Å². The minimum Gasteiger partial charge on any atom is -0.496 e. The Bertz CT molecular complexity index is 549. The molecule has 17 heavy (non-hydrogen) atoms. The number of hydrogen-bond acceptors (Lipinski definition) is 2. The zero-order valence-corrected chi connectivity index (χ0v) is 9.60. The lowest BCUT2D eigenvalue weighted by molar-refractivity contribution is 0.416. The first kappa shape index (κ1) is 11.2. The van der Waals surface area contributed by atoms with Crippen LogP contribution in [0, 0.1) is 5.41 Å². The molecule has 2 aromatic carbocycles. The van der Waals surface area contributed by atoms with E-state index in [9.17, 15) is 0 Å². The van der Waals surface area contributed by atoms with E-state index in [1.165, 1.54) is 0 Å². The van der Waals surface area contributed by atoms with Crippen LogP contribution in [0.25, 0.3) is 11.1 Å². The van der Waals surface area contributed by atoms with Crippen molar-refractivity contribution in [2.24, 2.45) is 5.73 Å². The van der Waals surface area contributed by atoms with Gasteiger partial charge in [0.1, 0.15) is 11.6 Å². The molecule has 0 aliphatic rings. The quantitative estimate of drug-likeness (QED) is 0.624. The summed E-state index contributed by atoms with van der Waals surface area (Å²) in [6.07, 6.45) is 0.